The van der Waals surface area contributed by atoms with Crippen LogP contribution in [-0.2, 0) is 9.59 Å². The summed E-state index contributed by atoms with van der Waals surface area (Å²) in [5.74, 6) is -0.0283. The maximum absolute atomic E-state index is 13.6. The highest BCUT2D eigenvalue weighted by molar-refractivity contribution is 6.47. The quantitative estimate of drug-likeness (QED) is 0.578. The van der Waals surface area contributed by atoms with Crippen molar-refractivity contribution in [3.8, 4) is 0 Å². The van der Waals surface area contributed by atoms with Gasteiger partial charge < -0.3 is 4.90 Å². The molecular formula is C24H24Cl2N2O2. The van der Waals surface area contributed by atoms with Crippen LogP contribution in [0.15, 0.2) is 42.1 Å². The lowest BCUT2D eigenvalue weighted by Crippen LogP contribution is -2.38. The fraction of sp³-hybridized carbons (Fsp3) is 0.333. The smallest absolute Gasteiger partial charge is 0.282 e. The molecule has 0 aliphatic carbocycles. The van der Waals surface area contributed by atoms with Gasteiger partial charge in [-0.1, -0.05) is 53.9 Å². The number of imide groups is 1. The molecule has 30 heavy (non-hydrogen) atoms. The molecule has 2 aromatic carbocycles. The van der Waals surface area contributed by atoms with Crippen LogP contribution < -0.4 is 4.90 Å². The average Bonchev–Trinajstić information content (AvgIpc) is 2.93. The van der Waals surface area contributed by atoms with Crippen molar-refractivity contribution in [2.75, 3.05) is 18.0 Å². The Hall–Kier alpha value is -2.30. The van der Waals surface area contributed by atoms with Crippen LogP contribution in [0.25, 0.3) is 5.57 Å². The molecule has 0 aromatic heterocycles. The van der Waals surface area contributed by atoms with E-state index in [2.05, 4.69) is 6.92 Å². The maximum Gasteiger partial charge on any atom is 0.282 e. The van der Waals surface area contributed by atoms with E-state index >= 15 is 0 Å². The minimum absolute atomic E-state index is 0.289. The van der Waals surface area contributed by atoms with Gasteiger partial charge in [-0.15, -0.1) is 0 Å². The normalized spacial score (nSPS) is 18.0. The predicted molar refractivity (Wildman–Crippen MR) is 122 cm³/mol. The number of hydrogen-bond acceptors (Lipinski definition) is 3. The zero-order valence-electron chi connectivity index (χ0n) is 17.3. The number of anilines is 1. The van der Waals surface area contributed by atoms with Gasteiger partial charge in [-0.3, -0.25) is 9.59 Å². The number of benzene rings is 2. The Bertz CT molecular complexity index is 1070. The molecule has 2 heterocycles. The molecule has 6 heteroatoms. The summed E-state index contributed by atoms with van der Waals surface area (Å²) < 4.78 is 0. The Balaban J connectivity index is 1.86. The Labute approximate surface area is 187 Å². The van der Waals surface area contributed by atoms with Gasteiger partial charge in [-0.05, 0) is 56.4 Å². The Morgan fingerprint density at radius 2 is 1.63 bits per heavy atom. The van der Waals surface area contributed by atoms with E-state index in [0.717, 1.165) is 37.1 Å². The Kier molecular flexibility index (Phi) is 5.65. The first-order valence-corrected chi connectivity index (χ1v) is 10.9. The second-order valence-electron chi connectivity index (χ2n) is 8.25. The number of piperidine rings is 1. The van der Waals surface area contributed by atoms with Crippen molar-refractivity contribution in [2.45, 2.75) is 33.6 Å². The zero-order valence-corrected chi connectivity index (χ0v) is 18.8. The van der Waals surface area contributed by atoms with Gasteiger partial charge in [0.15, 0.2) is 0 Å². The van der Waals surface area contributed by atoms with E-state index in [0.29, 0.717) is 38.5 Å². The first-order valence-electron chi connectivity index (χ1n) is 10.2. The van der Waals surface area contributed by atoms with Crippen LogP contribution in [0.1, 0.15) is 36.5 Å². The molecule has 1 saturated heterocycles. The van der Waals surface area contributed by atoms with E-state index in [1.807, 2.05) is 36.9 Å². The van der Waals surface area contributed by atoms with Crippen LogP contribution in [0.5, 0.6) is 0 Å². The summed E-state index contributed by atoms with van der Waals surface area (Å²) in [5.41, 5.74) is 3.91. The summed E-state index contributed by atoms with van der Waals surface area (Å²) in [5, 5.41) is 0.852. The highest BCUT2D eigenvalue weighted by Crippen LogP contribution is 2.40. The molecule has 0 bridgehead atoms. The van der Waals surface area contributed by atoms with E-state index in [9.17, 15) is 9.59 Å². The number of hydrogen-bond donors (Lipinski definition) is 0. The van der Waals surface area contributed by atoms with Crippen LogP contribution in [0.2, 0.25) is 10.0 Å². The van der Waals surface area contributed by atoms with Gasteiger partial charge in [-0.25, -0.2) is 4.90 Å². The highest BCUT2D eigenvalue weighted by atomic mass is 35.5. The number of carbonyl (C=O) groups excluding carboxylic acids is 2. The number of carbonyl (C=O) groups is 2. The van der Waals surface area contributed by atoms with Gasteiger partial charge in [0.05, 0.1) is 16.3 Å². The van der Waals surface area contributed by atoms with Crippen molar-refractivity contribution in [3.63, 3.8) is 0 Å². The number of amides is 2. The van der Waals surface area contributed by atoms with E-state index in [4.69, 9.17) is 23.2 Å². The SMILES string of the molecule is Cc1ccc(N2C(=O)C(c3ccc(Cl)cc3Cl)=C(N3CCC(C)CC3)C2=O)c(C)c1. The summed E-state index contributed by atoms with van der Waals surface area (Å²) in [4.78, 5) is 30.6. The molecule has 0 radical (unpaired) electrons. The van der Waals surface area contributed by atoms with Crippen molar-refractivity contribution < 1.29 is 9.59 Å². The number of nitrogens with zero attached hydrogens (tertiary/aromatic N) is 2. The maximum atomic E-state index is 13.6. The lowest BCUT2D eigenvalue weighted by atomic mass is 9.97. The molecule has 0 unspecified atom stereocenters. The van der Waals surface area contributed by atoms with Crippen molar-refractivity contribution >= 4 is 46.3 Å². The lowest BCUT2D eigenvalue weighted by molar-refractivity contribution is -0.120. The van der Waals surface area contributed by atoms with Gasteiger partial charge in [0.1, 0.15) is 5.70 Å². The van der Waals surface area contributed by atoms with Gasteiger partial charge in [0.2, 0.25) is 0 Å². The molecule has 2 amide bonds. The molecule has 4 nitrogen and oxygen atoms in total. The van der Waals surface area contributed by atoms with E-state index in [-0.39, 0.29) is 11.8 Å². The summed E-state index contributed by atoms with van der Waals surface area (Å²) in [7, 11) is 0. The molecule has 0 atom stereocenters. The summed E-state index contributed by atoms with van der Waals surface area (Å²) in [6.45, 7) is 7.60. The van der Waals surface area contributed by atoms with Crippen molar-refractivity contribution in [2.24, 2.45) is 5.92 Å². The van der Waals surface area contributed by atoms with Gasteiger partial charge in [0.25, 0.3) is 11.8 Å². The van der Waals surface area contributed by atoms with Crippen LogP contribution in [0.4, 0.5) is 5.69 Å². The van der Waals surface area contributed by atoms with Crippen LogP contribution in [-0.4, -0.2) is 29.8 Å². The zero-order chi connectivity index (χ0) is 21.6. The number of rotatable bonds is 3. The third kappa shape index (κ3) is 3.63. The fourth-order valence-corrected chi connectivity index (χ4v) is 4.76. The van der Waals surface area contributed by atoms with Crippen LogP contribution in [0, 0.1) is 19.8 Å². The molecule has 0 saturated carbocycles. The molecule has 4 rings (SSSR count). The third-order valence-electron chi connectivity index (χ3n) is 5.95. The standard InChI is InChI=1S/C24H24Cl2N2O2/c1-14-8-10-27(11-9-14)22-21(18-6-5-17(25)13-19(18)26)23(29)28(24(22)30)20-7-4-15(2)12-16(20)3/h4-7,12-14H,8-11H2,1-3H3. The Morgan fingerprint density at radius 3 is 2.27 bits per heavy atom. The molecule has 0 N–H and O–H groups in total. The lowest BCUT2D eigenvalue weighted by Gasteiger charge is -2.32. The van der Waals surface area contributed by atoms with Crippen molar-refractivity contribution in [1.82, 2.24) is 4.90 Å². The minimum atomic E-state index is -0.343. The Morgan fingerprint density at radius 1 is 0.933 bits per heavy atom. The number of halogens is 2. The fourth-order valence-electron chi connectivity index (χ4n) is 4.25. The largest absolute Gasteiger partial charge is 0.366 e. The molecule has 156 valence electrons. The first-order chi connectivity index (χ1) is 14.3. The van der Waals surface area contributed by atoms with Gasteiger partial charge in [0, 0.05) is 23.7 Å². The van der Waals surface area contributed by atoms with E-state index < -0.39 is 0 Å². The topological polar surface area (TPSA) is 40.6 Å². The first kappa shape index (κ1) is 21.0. The van der Waals surface area contributed by atoms with Gasteiger partial charge >= 0.3 is 0 Å². The molecular weight excluding hydrogens is 419 g/mol. The monoisotopic (exact) mass is 442 g/mol. The molecule has 2 aliphatic rings. The second-order valence-corrected chi connectivity index (χ2v) is 9.10. The predicted octanol–water partition coefficient (Wildman–Crippen LogP) is 5.63. The van der Waals surface area contributed by atoms with Crippen LogP contribution in [0.3, 0.4) is 0 Å². The van der Waals surface area contributed by atoms with Crippen LogP contribution >= 0.6 is 23.2 Å². The van der Waals surface area contributed by atoms with Crippen molar-refractivity contribution in [1.29, 1.82) is 0 Å². The van der Waals surface area contributed by atoms with Gasteiger partial charge in [-0.2, -0.15) is 0 Å². The summed E-state index contributed by atoms with van der Waals surface area (Å²) in [6, 6.07) is 10.8. The van der Waals surface area contributed by atoms with E-state index in [1.54, 1.807) is 18.2 Å². The molecule has 1 fully saturated rings. The average molecular weight is 443 g/mol. The third-order valence-corrected chi connectivity index (χ3v) is 6.50. The van der Waals surface area contributed by atoms with E-state index in [1.165, 1.54) is 4.90 Å². The summed E-state index contributed by atoms with van der Waals surface area (Å²) >= 11 is 12.6. The summed E-state index contributed by atoms with van der Waals surface area (Å²) in [6.07, 6.45) is 1.96. The second kappa shape index (κ2) is 8.09. The van der Waals surface area contributed by atoms with Crippen molar-refractivity contribution in [3.05, 3.63) is 68.8 Å². The molecule has 2 aromatic rings. The number of aryl methyl sites for hydroxylation is 2. The molecule has 2 aliphatic heterocycles. The minimum Gasteiger partial charge on any atom is -0.366 e. The highest BCUT2D eigenvalue weighted by Gasteiger charge is 2.44. The molecule has 0 spiro atoms. The number of likely N-dealkylation sites (tertiary alicyclic amines) is 1.